The van der Waals surface area contributed by atoms with Crippen LogP contribution in [0.3, 0.4) is 0 Å². The predicted octanol–water partition coefficient (Wildman–Crippen LogP) is 2.33. The number of aromatic nitrogens is 2. The van der Waals surface area contributed by atoms with Gasteiger partial charge < -0.3 is 4.90 Å². The first kappa shape index (κ1) is 18.8. The molecule has 2 fully saturated rings. The lowest BCUT2D eigenvalue weighted by Gasteiger charge is -2.33. The molecule has 2 saturated heterocycles. The summed E-state index contributed by atoms with van der Waals surface area (Å²) in [5.74, 6) is 0.152. The second-order valence-electron chi connectivity index (χ2n) is 8.07. The maximum atomic E-state index is 12.9. The number of hydrogen-bond donors (Lipinski definition) is 1. The molecule has 1 aromatic carbocycles. The van der Waals surface area contributed by atoms with Crippen molar-refractivity contribution in [3.63, 3.8) is 0 Å². The molecule has 0 saturated carbocycles. The summed E-state index contributed by atoms with van der Waals surface area (Å²) in [6.07, 6.45) is 5.58. The Hall–Kier alpha value is -2.57. The minimum atomic E-state index is -0.635. The van der Waals surface area contributed by atoms with Crippen LogP contribution >= 0.6 is 0 Å². The molecule has 2 amide bonds. The number of benzene rings is 1. The minimum absolute atomic E-state index is 0.219. The van der Waals surface area contributed by atoms with E-state index in [1.807, 2.05) is 12.1 Å². The Bertz CT molecular complexity index is 966. The lowest BCUT2D eigenvalue weighted by atomic mass is 9.92. The molecule has 2 aromatic rings. The van der Waals surface area contributed by atoms with Gasteiger partial charge in [0.15, 0.2) is 0 Å². The third-order valence-electron chi connectivity index (χ3n) is 6.27. The van der Waals surface area contributed by atoms with Crippen molar-refractivity contribution in [1.82, 2.24) is 14.5 Å². The van der Waals surface area contributed by atoms with Crippen molar-refractivity contribution in [3.05, 3.63) is 28.7 Å². The highest BCUT2D eigenvalue weighted by Gasteiger charge is 2.31. The van der Waals surface area contributed by atoms with Crippen LogP contribution in [0.5, 0.6) is 0 Å². The van der Waals surface area contributed by atoms with Gasteiger partial charge in [-0.25, -0.2) is 4.79 Å². The first-order valence-electron chi connectivity index (χ1n) is 10.3. The molecular formula is C21H28N4O3. The molecule has 3 heterocycles. The normalized spacial score (nSPS) is 21.4. The maximum Gasteiger partial charge on any atom is 0.329 e. The summed E-state index contributed by atoms with van der Waals surface area (Å²) in [5, 5.41) is 2.35. The number of carbonyl (C=O) groups excluding carboxylic acids is 2. The van der Waals surface area contributed by atoms with Crippen LogP contribution < -0.4 is 15.9 Å². The molecule has 7 heteroatoms. The monoisotopic (exact) mass is 384 g/mol. The van der Waals surface area contributed by atoms with Gasteiger partial charge in [0, 0.05) is 32.2 Å². The van der Waals surface area contributed by atoms with Crippen molar-refractivity contribution in [2.75, 3.05) is 18.0 Å². The number of imide groups is 1. The van der Waals surface area contributed by atoms with Gasteiger partial charge in [-0.15, -0.1) is 0 Å². The van der Waals surface area contributed by atoms with Gasteiger partial charge in [0.05, 0.1) is 11.0 Å². The van der Waals surface area contributed by atoms with E-state index in [2.05, 4.69) is 23.2 Å². The molecule has 1 aromatic heterocycles. The molecule has 4 rings (SSSR count). The third kappa shape index (κ3) is 3.23. The SMILES string of the molecule is CCCC1CCN(c2ccc3c(c2)n(C)c(=O)n3C2CCC(=O)NC2=O)CC1. The van der Waals surface area contributed by atoms with Crippen molar-refractivity contribution < 1.29 is 9.59 Å². The number of amides is 2. The van der Waals surface area contributed by atoms with E-state index < -0.39 is 11.9 Å². The number of aryl methyl sites for hydroxylation is 1. The summed E-state index contributed by atoms with van der Waals surface area (Å²) < 4.78 is 3.14. The summed E-state index contributed by atoms with van der Waals surface area (Å²) >= 11 is 0. The lowest BCUT2D eigenvalue weighted by molar-refractivity contribution is -0.135. The second-order valence-corrected chi connectivity index (χ2v) is 8.07. The van der Waals surface area contributed by atoms with Crippen molar-refractivity contribution >= 4 is 28.5 Å². The van der Waals surface area contributed by atoms with E-state index in [0.717, 1.165) is 35.7 Å². The Morgan fingerprint density at radius 2 is 1.82 bits per heavy atom. The fourth-order valence-corrected chi connectivity index (χ4v) is 4.67. The van der Waals surface area contributed by atoms with Gasteiger partial charge in [0.25, 0.3) is 0 Å². The van der Waals surface area contributed by atoms with Crippen LogP contribution in [0.2, 0.25) is 0 Å². The molecule has 2 aliphatic heterocycles. The van der Waals surface area contributed by atoms with Crippen LogP contribution in [0.4, 0.5) is 5.69 Å². The van der Waals surface area contributed by atoms with Crippen LogP contribution in [-0.4, -0.2) is 34.0 Å². The highest BCUT2D eigenvalue weighted by molar-refractivity contribution is 6.00. The van der Waals surface area contributed by atoms with Crippen molar-refractivity contribution in [1.29, 1.82) is 0 Å². The predicted molar refractivity (Wildman–Crippen MR) is 108 cm³/mol. The first-order chi connectivity index (χ1) is 13.5. The molecule has 0 bridgehead atoms. The number of carbonyl (C=O) groups is 2. The molecule has 2 aliphatic rings. The fourth-order valence-electron chi connectivity index (χ4n) is 4.67. The van der Waals surface area contributed by atoms with Crippen molar-refractivity contribution in [2.24, 2.45) is 13.0 Å². The van der Waals surface area contributed by atoms with E-state index in [0.29, 0.717) is 6.42 Å². The quantitative estimate of drug-likeness (QED) is 0.821. The molecule has 1 N–H and O–H groups in total. The maximum absolute atomic E-state index is 12.9. The zero-order valence-electron chi connectivity index (χ0n) is 16.6. The van der Waals surface area contributed by atoms with Gasteiger partial charge in [0.2, 0.25) is 11.8 Å². The number of imidazole rings is 1. The molecule has 0 aliphatic carbocycles. The third-order valence-corrected chi connectivity index (χ3v) is 6.27. The molecule has 150 valence electrons. The molecule has 1 atom stereocenters. The van der Waals surface area contributed by atoms with Crippen LogP contribution in [0, 0.1) is 5.92 Å². The van der Waals surface area contributed by atoms with Gasteiger partial charge in [-0.2, -0.15) is 0 Å². The van der Waals surface area contributed by atoms with E-state index in [1.54, 1.807) is 11.6 Å². The largest absolute Gasteiger partial charge is 0.371 e. The highest BCUT2D eigenvalue weighted by Crippen LogP contribution is 2.29. The standard InChI is InChI=1S/C21H28N4O3/c1-3-4-14-9-11-24(12-10-14)15-5-6-16-18(13-15)23(2)21(28)25(16)17-7-8-19(26)22-20(17)27/h5-6,13-14,17H,3-4,7-12H2,1-2H3,(H,22,26,27). The van der Waals surface area contributed by atoms with Gasteiger partial charge in [-0.05, 0) is 43.4 Å². The van der Waals surface area contributed by atoms with E-state index >= 15 is 0 Å². The number of nitrogens with zero attached hydrogens (tertiary/aromatic N) is 3. The molecular weight excluding hydrogens is 356 g/mol. The molecule has 7 nitrogen and oxygen atoms in total. The fraction of sp³-hybridized carbons (Fsp3) is 0.571. The Labute approximate surface area is 164 Å². The minimum Gasteiger partial charge on any atom is -0.371 e. The summed E-state index contributed by atoms with van der Waals surface area (Å²) in [6.45, 7) is 4.32. The summed E-state index contributed by atoms with van der Waals surface area (Å²) in [7, 11) is 1.74. The van der Waals surface area contributed by atoms with Gasteiger partial charge in [-0.3, -0.25) is 24.0 Å². The number of piperidine rings is 2. The van der Waals surface area contributed by atoms with Crippen LogP contribution in [0.15, 0.2) is 23.0 Å². The summed E-state index contributed by atoms with van der Waals surface area (Å²) in [6, 6.07) is 5.40. The smallest absolute Gasteiger partial charge is 0.329 e. The van der Waals surface area contributed by atoms with Crippen molar-refractivity contribution in [3.8, 4) is 0 Å². The molecule has 1 unspecified atom stereocenters. The van der Waals surface area contributed by atoms with E-state index in [4.69, 9.17) is 0 Å². The Balaban J connectivity index is 1.65. The van der Waals surface area contributed by atoms with Crippen LogP contribution in [0.25, 0.3) is 11.0 Å². The van der Waals surface area contributed by atoms with E-state index in [-0.39, 0.29) is 18.0 Å². The number of hydrogen-bond acceptors (Lipinski definition) is 4. The lowest BCUT2D eigenvalue weighted by Crippen LogP contribution is -2.44. The number of rotatable bonds is 4. The van der Waals surface area contributed by atoms with Crippen LogP contribution in [0.1, 0.15) is 51.5 Å². The molecule has 0 radical (unpaired) electrons. The Morgan fingerprint density at radius 1 is 1.07 bits per heavy atom. The topological polar surface area (TPSA) is 76.3 Å². The average molecular weight is 384 g/mol. The highest BCUT2D eigenvalue weighted by atomic mass is 16.2. The Morgan fingerprint density at radius 3 is 2.50 bits per heavy atom. The number of anilines is 1. The average Bonchev–Trinajstić information content (AvgIpc) is 2.93. The molecule has 0 spiro atoms. The number of nitrogens with one attached hydrogen (secondary N) is 1. The van der Waals surface area contributed by atoms with E-state index in [9.17, 15) is 14.4 Å². The van der Waals surface area contributed by atoms with Gasteiger partial charge in [0.1, 0.15) is 6.04 Å². The van der Waals surface area contributed by atoms with E-state index in [1.165, 1.54) is 30.3 Å². The summed E-state index contributed by atoms with van der Waals surface area (Å²) in [4.78, 5) is 39.0. The zero-order valence-corrected chi connectivity index (χ0v) is 16.6. The van der Waals surface area contributed by atoms with Gasteiger partial charge >= 0.3 is 5.69 Å². The molecule has 28 heavy (non-hydrogen) atoms. The Kier molecular flexibility index (Phi) is 5.00. The first-order valence-corrected chi connectivity index (χ1v) is 10.3. The van der Waals surface area contributed by atoms with Gasteiger partial charge in [-0.1, -0.05) is 19.8 Å². The second kappa shape index (κ2) is 7.45. The summed E-state index contributed by atoms with van der Waals surface area (Å²) in [5.41, 5.74) is 2.47. The number of fused-ring (bicyclic) bond motifs is 1. The van der Waals surface area contributed by atoms with Crippen molar-refractivity contribution in [2.45, 2.75) is 51.5 Å². The zero-order chi connectivity index (χ0) is 19.8. The van der Waals surface area contributed by atoms with Crippen LogP contribution in [-0.2, 0) is 16.6 Å².